The highest BCUT2D eigenvalue weighted by Gasteiger charge is 2.26. The Hall–Kier alpha value is -2.08. The van der Waals surface area contributed by atoms with Gasteiger partial charge in [0.05, 0.1) is 17.6 Å². The van der Waals surface area contributed by atoms with Gasteiger partial charge in [0.2, 0.25) is 5.91 Å². The van der Waals surface area contributed by atoms with Crippen LogP contribution in [-0.4, -0.2) is 58.0 Å². The van der Waals surface area contributed by atoms with Crippen LogP contribution in [0, 0.1) is 0 Å². The first-order valence-corrected chi connectivity index (χ1v) is 9.42. The van der Waals surface area contributed by atoms with Gasteiger partial charge >= 0.3 is 5.69 Å². The van der Waals surface area contributed by atoms with Crippen LogP contribution in [0.25, 0.3) is 11.0 Å². The summed E-state index contributed by atoms with van der Waals surface area (Å²) in [6.45, 7) is 4.10. The van der Waals surface area contributed by atoms with Gasteiger partial charge in [-0.3, -0.25) is 14.3 Å². The Labute approximate surface area is 147 Å². The van der Waals surface area contributed by atoms with Crippen molar-refractivity contribution in [1.82, 2.24) is 19.4 Å². The van der Waals surface area contributed by atoms with E-state index in [0.717, 1.165) is 62.9 Å². The number of hydrogen-bond acceptors (Lipinski definition) is 3. The van der Waals surface area contributed by atoms with Gasteiger partial charge in [-0.25, -0.2) is 4.79 Å². The number of fused-ring (bicyclic) bond motifs is 1. The summed E-state index contributed by atoms with van der Waals surface area (Å²) >= 11 is 0. The van der Waals surface area contributed by atoms with Crippen LogP contribution in [0.15, 0.2) is 29.1 Å². The monoisotopic (exact) mass is 342 g/mol. The molecule has 2 fully saturated rings. The standard InChI is InChI=1S/C19H26N4O2/c24-18(22-10-4-1-5-11-22)14-21-12-8-15(9-13-21)23-17-7-3-2-6-16(17)20-19(23)25/h2-3,6-7,15H,1,4-5,8-14H2,(H,20,25). The van der Waals surface area contributed by atoms with Crippen LogP contribution in [-0.2, 0) is 4.79 Å². The molecule has 6 nitrogen and oxygen atoms in total. The number of piperidine rings is 2. The van der Waals surface area contributed by atoms with E-state index in [2.05, 4.69) is 9.88 Å². The molecule has 4 rings (SSSR count). The third-order valence-electron chi connectivity index (χ3n) is 5.61. The molecule has 1 N–H and O–H groups in total. The number of aromatic amines is 1. The number of H-pyrrole nitrogens is 1. The lowest BCUT2D eigenvalue weighted by atomic mass is 10.0. The maximum Gasteiger partial charge on any atom is 0.326 e. The second kappa shape index (κ2) is 7.04. The Morgan fingerprint density at radius 3 is 2.52 bits per heavy atom. The van der Waals surface area contributed by atoms with Crippen molar-refractivity contribution in [3.63, 3.8) is 0 Å². The highest BCUT2D eigenvalue weighted by molar-refractivity contribution is 5.78. The first-order chi connectivity index (χ1) is 12.2. The van der Waals surface area contributed by atoms with Crippen molar-refractivity contribution in [2.45, 2.75) is 38.1 Å². The molecular formula is C19H26N4O2. The van der Waals surface area contributed by atoms with Crippen LogP contribution >= 0.6 is 0 Å². The van der Waals surface area contributed by atoms with Gasteiger partial charge in [-0.2, -0.15) is 0 Å². The number of carbonyl (C=O) groups excluding carboxylic acids is 1. The van der Waals surface area contributed by atoms with E-state index in [1.54, 1.807) is 0 Å². The zero-order valence-corrected chi connectivity index (χ0v) is 14.6. The molecule has 25 heavy (non-hydrogen) atoms. The van der Waals surface area contributed by atoms with Gasteiger partial charge in [0, 0.05) is 32.2 Å². The quantitative estimate of drug-likeness (QED) is 0.928. The normalized spacial score (nSPS) is 20.2. The van der Waals surface area contributed by atoms with Gasteiger partial charge in [-0.1, -0.05) is 12.1 Å². The van der Waals surface area contributed by atoms with Crippen molar-refractivity contribution < 1.29 is 4.79 Å². The summed E-state index contributed by atoms with van der Waals surface area (Å²) in [6.07, 6.45) is 5.34. The van der Waals surface area contributed by atoms with E-state index in [9.17, 15) is 9.59 Å². The topological polar surface area (TPSA) is 61.3 Å². The molecule has 2 aliphatic heterocycles. The molecule has 0 radical (unpaired) electrons. The van der Waals surface area contributed by atoms with Crippen molar-refractivity contribution in [3.05, 3.63) is 34.7 Å². The number of imidazole rings is 1. The second-order valence-corrected chi connectivity index (χ2v) is 7.27. The number of para-hydroxylation sites is 2. The molecule has 0 aliphatic carbocycles. The minimum absolute atomic E-state index is 0.0240. The third-order valence-corrected chi connectivity index (χ3v) is 5.61. The maximum atomic E-state index is 12.4. The highest BCUT2D eigenvalue weighted by Crippen LogP contribution is 2.24. The summed E-state index contributed by atoms with van der Waals surface area (Å²) in [5.74, 6) is 0.266. The Morgan fingerprint density at radius 2 is 1.76 bits per heavy atom. The Balaban J connectivity index is 1.39. The Morgan fingerprint density at radius 1 is 1.04 bits per heavy atom. The molecule has 1 amide bonds. The first kappa shape index (κ1) is 16.4. The molecule has 3 heterocycles. The number of likely N-dealkylation sites (tertiary alicyclic amines) is 2. The molecule has 0 saturated carbocycles. The average Bonchev–Trinajstić information content (AvgIpc) is 2.99. The van der Waals surface area contributed by atoms with Gasteiger partial charge < -0.3 is 9.88 Å². The molecule has 2 aromatic rings. The van der Waals surface area contributed by atoms with Gasteiger partial charge in [-0.15, -0.1) is 0 Å². The SMILES string of the molecule is O=C(CN1CCC(n2c(=O)[nH]c3ccccc32)CC1)N1CCCCC1. The summed E-state index contributed by atoms with van der Waals surface area (Å²) in [6, 6.07) is 8.07. The predicted molar refractivity (Wildman–Crippen MR) is 97.7 cm³/mol. The molecule has 0 unspecified atom stereocenters. The van der Waals surface area contributed by atoms with E-state index in [4.69, 9.17) is 0 Å². The summed E-state index contributed by atoms with van der Waals surface area (Å²) < 4.78 is 1.90. The fraction of sp³-hybridized carbons (Fsp3) is 0.579. The lowest BCUT2D eigenvalue weighted by Crippen LogP contribution is -2.45. The van der Waals surface area contributed by atoms with Crippen LogP contribution < -0.4 is 5.69 Å². The second-order valence-electron chi connectivity index (χ2n) is 7.27. The van der Waals surface area contributed by atoms with Gasteiger partial charge in [0.25, 0.3) is 0 Å². The fourth-order valence-corrected chi connectivity index (χ4v) is 4.21. The molecular weight excluding hydrogens is 316 g/mol. The summed E-state index contributed by atoms with van der Waals surface area (Å²) in [7, 11) is 0. The number of rotatable bonds is 3. The number of benzene rings is 1. The zero-order valence-electron chi connectivity index (χ0n) is 14.6. The number of nitrogens with one attached hydrogen (secondary N) is 1. The number of hydrogen-bond donors (Lipinski definition) is 1. The minimum Gasteiger partial charge on any atom is -0.342 e. The predicted octanol–water partition coefficient (Wildman–Crippen LogP) is 1.98. The lowest BCUT2D eigenvalue weighted by Gasteiger charge is -2.34. The van der Waals surface area contributed by atoms with Crippen molar-refractivity contribution in [3.8, 4) is 0 Å². The largest absolute Gasteiger partial charge is 0.342 e. The highest BCUT2D eigenvalue weighted by atomic mass is 16.2. The zero-order chi connectivity index (χ0) is 17.2. The van der Waals surface area contributed by atoms with Gasteiger partial charge in [-0.05, 0) is 44.2 Å². The molecule has 0 atom stereocenters. The first-order valence-electron chi connectivity index (χ1n) is 9.42. The van der Waals surface area contributed by atoms with E-state index < -0.39 is 0 Å². The summed E-state index contributed by atoms with van der Waals surface area (Å²) in [4.78, 5) is 32.0. The van der Waals surface area contributed by atoms with Crippen LogP contribution in [0.5, 0.6) is 0 Å². The van der Waals surface area contributed by atoms with E-state index >= 15 is 0 Å². The molecule has 6 heteroatoms. The number of amides is 1. The van der Waals surface area contributed by atoms with Crippen molar-refractivity contribution in [2.24, 2.45) is 0 Å². The van der Waals surface area contributed by atoms with Crippen molar-refractivity contribution in [2.75, 3.05) is 32.7 Å². The smallest absolute Gasteiger partial charge is 0.326 e. The Kier molecular flexibility index (Phi) is 4.61. The molecule has 0 spiro atoms. The summed E-state index contributed by atoms with van der Waals surface area (Å²) in [5.41, 5.74) is 1.86. The fourth-order valence-electron chi connectivity index (χ4n) is 4.21. The van der Waals surface area contributed by atoms with Gasteiger partial charge in [0.1, 0.15) is 0 Å². The molecule has 2 aliphatic rings. The summed E-state index contributed by atoms with van der Waals surface area (Å²) in [5, 5.41) is 0. The number of aromatic nitrogens is 2. The molecule has 134 valence electrons. The van der Waals surface area contributed by atoms with Crippen molar-refractivity contribution >= 4 is 16.9 Å². The van der Waals surface area contributed by atoms with Crippen LogP contribution in [0.4, 0.5) is 0 Å². The average molecular weight is 342 g/mol. The van der Waals surface area contributed by atoms with Crippen LogP contribution in [0.3, 0.4) is 0 Å². The molecule has 1 aromatic heterocycles. The van der Waals surface area contributed by atoms with Gasteiger partial charge in [0.15, 0.2) is 0 Å². The minimum atomic E-state index is -0.0240. The lowest BCUT2D eigenvalue weighted by molar-refractivity contribution is -0.133. The third kappa shape index (κ3) is 3.35. The number of carbonyl (C=O) groups is 1. The Bertz CT molecular complexity index is 795. The van der Waals surface area contributed by atoms with E-state index in [-0.39, 0.29) is 17.6 Å². The molecule has 1 aromatic carbocycles. The van der Waals surface area contributed by atoms with E-state index in [1.165, 1.54) is 6.42 Å². The van der Waals surface area contributed by atoms with Crippen LogP contribution in [0.2, 0.25) is 0 Å². The molecule has 2 saturated heterocycles. The van der Waals surface area contributed by atoms with Crippen molar-refractivity contribution in [1.29, 1.82) is 0 Å². The molecule has 0 bridgehead atoms. The van der Waals surface area contributed by atoms with Crippen LogP contribution in [0.1, 0.15) is 38.1 Å². The maximum absolute atomic E-state index is 12.4. The number of nitrogens with zero attached hydrogens (tertiary/aromatic N) is 3. The van der Waals surface area contributed by atoms with E-state index in [0.29, 0.717) is 6.54 Å². The van der Waals surface area contributed by atoms with E-state index in [1.807, 2.05) is 33.7 Å².